The fourth-order valence-corrected chi connectivity index (χ4v) is 9.36. The van der Waals surface area contributed by atoms with Crippen LogP contribution in [0.2, 0.25) is 0 Å². The monoisotopic (exact) mass is 1030 g/mol. The number of rotatable bonds is 59. The average molecular weight is 1040 g/mol. The van der Waals surface area contributed by atoms with Gasteiger partial charge in [0.05, 0.1) is 0 Å². The quantitative estimate of drug-likeness (QED) is 0.0261. The minimum atomic E-state index is -0.775. The highest BCUT2D eigenvalue weighted by atomic mass is 16.6. The molecule has 0 aromatic carbocycles. The van der Waals surface area contributed by atoms with Gasteiger partial charge in [0, 0.05) is 19.3 Å². The van der Waals surface area contributed by atoms with Gasteiger partial charge in [0.1, 0.15) is 13.2 Å². The molecule has 0 amide bonds. The second-order valence-corrected chi connectivity index (χ2v) is 21.7. The Labute approximate surface area is 460 Å². The maximum atomic E-state index is 12.9. The molecule has 1 atom stereocenters. The van der Waals surface area contributed by atoms with Crippen LogP contribution in [-0.2, 0) is 28.6 Å². The first kappa shape index (κ1) is 71.1. The van der Waals surface area contributed by atoms with E-state index in [-0.39, 0.29) is 31.1 Å². The molecule has 1 unspecified atom stereocenters. The molecule has 0 spiro atoms. The summed E-state index contributed by atoms with van der Waals surface area (Å²) in [5, 5.41) is 0. The lowest BCUT2D eigenvalue weighted by Crippen LogP contribution is -2.30. The summed E-state index contributed by atoms with van der Waals surface area (Å²) in [4.78, 5) is 38.1. The van der Waals surface area contributed by atoms with Crippen LogP contribution >= 0.6 is 0 Å². The Bertz CT molecular complexity index is 1330. The van der Waals surface area contributed by atoms with E-state index in [1.165, 1.54) is 218 Å². The van der Waals surface area contributed by atoms with E-state index in [0.717, 1.165) is 77.0 Å². The summed E-state index contributed by atoms with van der Waals surface area (Å²) in [6.45, 7) is 6.62. The van der Waals surface area contributed by atoms with Crippen LogP contribution in [0.4, 0.5) is 0 Å². The van der Waals surface area contributed by atoms with E-state index in [1.54, 1.807) is 0 Å². The van der Waals surface area contributed by atoms with Crippen molar-refractivity contribution in [1.29, 1.82) is 0 Å². The maximum Gasteiger partial charge on any atom is 0.306 e. The van der Waals surface area contributed by atoms with Gasteiger partial charge in [-0.25, -0.2) is 0 Å². The molecule has 6 heteroatoms. The van der Waals surface area contributed by atoms with Crippen LogP contribution in [0.15, 0.2) is 60.8 Å². The molecule has 0 fully saturated rings. The van der Waals surface area contributed by atoms with Crippen LogP contribution in [0.25, 0.3) is 0 Å². The summed E-state index contributed by atoms with van der Waals surface area (Å²) in [5.74, 6) is -0.869. The fraction of sp³-hybridized carbons (Fsp3) is 0.809. The molecule has 0 heterocycles. The maximum absolute atomic E-state index is 12.9. The third kappa shape index (κ3) is 60.0. The third-order valence-electron chi connectivity index (χ3n) is 14.2. The molecular weight excluding hydrogens is 913 g/mol. The van der Waals surface area contributed by atoms with E-state index >= 15 is 0 Å². The van der Waals surface area contributed by atoms with Gasteiger partial charge in [0.2, 0.25) is 0 Å². The molecule has 0 N–H and O–H groups in total. The number of hydrogen-bond acceptors (Lipinski definition) is 6. The Morgan fingerprint density at radius 3 is 0.757 bits per heavy atom. The summed E-state index contributed by atoms with van der Waals surface area (Å²) in [5.41, 5.74) is 0. The number of ether oxygens (including phenoxy) is 3. The molecule has 0 aliphatic carbocycles. The summed E-state index contributed by atoms with van der Waals surface area (Å²) < 4.78 is 16.9. The van der Waals surface area contributed by atoms with E-state index in [4.69, 9.17) is 14.2 Å². The van der Waals surface area contributed by atoms with Crippen molar-refractivity contribution >= 4 is 17.9 Å². The first-order valence-corrected chi connectivity index (χ1v) is 32.3. The molecule has 0 radical (unpaired) electrons. The van der Waals surface area contributed by atoms with Crippen LogP contribution in [-0.4, -0.2) is 37.2 Å². The van der Waals surface area contributed by atoms with Gasteiger partial charge in [-0.15, -0.1) is 0 Å². The number of carbonyl (C=O) groups excluding carboxylic acids is 3. The molecule has 430 valence electrons. The van der Waals surface area contributed by atoms with Gasteiger partial charge in [-0.05, 0) is 89.9 Å². The van der Waals surface area contributed by atoms with Crippen molar-refractivity contribution in [3.63, 3.8) is 0 Å². The summed E-state index contributed by atoms with van der Waals surface area (Å²) in [6, 6.07) is 0. The van der Waals surface area contributed by atoms with Crippen LogP contribution < -0.4 is 0 Å². The van der Waals surface area contributed by atoms with Crippen LogP contribution in [0.1, 0.15) is 335 Å². The Kier molecular flexibility index (Phi) is 60.2. The predicted molar refractivity (Wildman–Crippen MR) is 321 cm³/mol. The lowest BCUT2D eigenvalue weighted by molar-refractivity contribution is -0.167. The minimum Gasteiger partial charge on any atom is -0.462 e. The normalized spacial score (nSPS) is 12.4. The molecule has 0 saturated carbocycles. The van der Waals surface area contributed by atoms with Crippen molar-refractivity contribution in [2.24, 2.45) is 0 Å². The zero-order valence-corrected chi connectivity index (χ0v) is 49.4. The highest BCUT2D eigenvalue weighted by Gasteiger charge is 2.19. The lowest BCUT2D eigenvalue weighted by Gasteiger charge is -2.18. The molecule has 6 nitrogen and oxygen atoms in total. The van der Waals surface area contributed by atoms with E-state index in [9.17, 15) is 14.4 Å². The van der Waals surface area contributed by atoms with Crippen molar-refractivity contribution in [2.45, 2.75) is 341 Å². The third-order valence-corrected chi connectivity index (χ3v) is 14.2. The van der Waals surface area contributed by atoms with Crippen molar-refractivity contribution in [1.82, 2.24) is 0 Å². The van der Waals surface area contributed by atoms with Gasteiger partial charge in [-0.3, -0.25) is 14.4 Å². The van der Waals surface area contributed by atoms with Crippen LogP contribution in [0, 0.1) is 0 Å². The van der Waals surface area contributed by atoms with Crippen molar-refractivity contribution in [2.75, 3.05) is 13.2 Å². The number of hydrogen-bond donors (Lipinski definition) is 0. The first-order chi connectivity index (χ1) is 36.5. The van der Waals surface area contributed by atoms with Crippen LogP contribution in [0.3, 0.4) is 0 Å². The highest BCUT2D eigenvalue weighted by Crippen LogP contribution is 2.17. The van der Waals surface area contributed by atoms with Crippen molar-refractivity contribution in [3.8, 4) is 0 Å². The Morgan fingerprint density at radius 1 is 0.270 bits per heavy atom. The van der Waals surface area contributed by atoms with Gasteiger partial charge in [0.25, 0.3) is 0 Å². The Balaban J connectivity index is 4.17. The van der Waals surface area contributed by atoms with Crippen molar-refractivity contribution in [3.05, 3.63) is 60.8 Å². The van der Waals surface area contributed by atoms with E-state index in [2.05, 4.69) is 81.5 Å². The topological polar surface area (TPSA) is 78.9 Å². The SMILES string of the molecule is CCCCCCC/C=C\C/C=C\C/C=C\CCCCCCCCCCCCC(=O)OCC(COC(=O)CCCCCCCCCC)OC(=O)CCCCCCCCCCCCC/C=C\C/C=C\CCCCCCC. The summed E-state index contributed by atoms with van der Waals surface area (Å²) in [6.07, 6.45) is 79.6. The zero-order valence-electron chi connectivity index (χ0n) is 49.4. The standard InChI is InChI=1S/C68H122O6/c1-4-7-10-13-16-19-21-23-25-27-29-31-33-34-36-37-39-41-43-45-47-49-52-55-58-61-67(70)73-64-65(63-72-66(69)60-57-54-51-18-15-12-9-6-3)74-68(71)62-59-56-53-50-48-46-44-42-40-38-35-32-30-28-26-24-22-20-17-14-11-8-5-2/h21-24,27-30,33-34,65H,4-20,25-26,31-32,35-64H2,1-3H3/b23-21-,24-22-,29-27-,30-28-,34-33-. The predicted octanol–water partition coefficient (Wildman–Crippen LogP) is 21.9. The number of unbranched alkanes of at least 4 members (excludes halogenated alkanes) is 38. The molecule has 0 aromatic rings. The molecule has 0 aliphatic heterocycles. The number of esters is 3. The molecule has 0 saturated heterocycles. The lowest BCUT2D eigenvalue weighted by atomic mass is 10.0. The van der Waals surface area contributed by atoms with E-state index in [0.29, 0.717) is 19.3 Å². The summed E-state index contributed by atoms with van der Waals surface area (Å²) in [7, 11) is 0. The van der Waals surface area contributed by atoms with Gasteiger partial charge in [-0.2, -0.15) is 0 Å². The molecule has 0 rings (SSSR count). The average Bonchev–Trinajstić information content (AvgIpc) is 3.40. The Morgan fingerprint density at radius 2 is 0.486 bits per heavy atom. The molecule has 0 bridgehead atoms. The fourth-order valence-electron chi connectivity index (χ4n) is 9.36. The smallest absolute Gasteiger partial charge is 0.306 e. The first-order valence-electron chi connectivity index (χ1n) is 32.3. The second kappa shape index (κ2) is 62.6. The minimum absolute atomic E-state index is 0.0736. The summed E-state index contributed by atoms with van der Waals surface area (Å²) >= 11 is 0. The van der Waals surface area contributed by atoms with Crippen LogP contribution in [0.5, 0.6) is 0 Å². The molecule has 0 aliphatic rings. The van der Waals surface area contributed by atoms with E-state index in [1.807, 2.05) is 0 Å². The Hall–Kier alpha value is -2.89. The van der Waals surface area contributed by atoms with Gasteiger partial charge in [-0.1, -0.05) is 287 Å². The van der Waals surface area contributed by atoms with Gasteiger partial charge >= 0.3 is 17.9 Å². The molecule has 74 heavy (non-hydrogen) atoms. The number of carbonyl (C=O) groups is 3. The largest absolute Gasteiger partial charge is 0.462 e. The molecular formula is C68H122O6. The van der Waals surface area contributed by atoms with Crippen molar-refractivity contribution < 1.29 is 28.6 Å². The number of allylic oxidation sites excluding steroid dienone is 10. The second-order valence-electron chi connectivity index (χ2n) is 21.7. The zero-order chi connectivity index (χ0) is 53.6. The van der Waals surface area contributed by atoms with E-state index < -0.39 is 6.10 Å². The molecule has 0 aromatic heterocycles. The van der Waals surface area contributed by atoms with Gasteiger partial charge < -0.3 is 14.2 Å². The highest BCUT2D eigenvalue weighted by molar-refractivity contribution is 5.71. The van der Waals surface area contributed by atoms with Gasteiger partial charge in [0.15, 0.2) is 6.10 Å².